The number of rotatable bonds is 0. The van der Waals surface area contributed by atoms with Gasteiger partial charge in [0.05, 0.1) is 0 Å². The van der Waals surface area contributed by atoms with Crippen molar-refractivity contribution in [3.63, 3.8) is 0 Å². The molecule has 0 saturated heterocycles. The molecule has 0 amide bonds. The van der Waals surface area contributed by atoms with Crippen LogP contribution in [0.25, 0.3) is 0 Å². The van der Waals surface area contributed by atoms with Crippen LogP contribution in [0, 0.1) is 0 Å². The maximum absolute atomic E-state index is 10.8. The molecule has 1 aliphatic rings. The Bertz CT molecular complexity index is 195. The lowest BCUT2D eigenvalue weighted by molar-refractivity contribution is -0.142. The van der Waals surface area contributed by atoms with Gasteiger partial charge in [0.25, 0.3) is 0 Å². The average molecular weight is 400 g/mol. The summed E-state index contributed by atoms with van der Waals surface area (Å²) in [5.74, 6) is -0.970. The maximum Gasteiger partial charge on any atom is 0.231 e. The monoisotopic (exact) mass is 396 g/mol. The number of Topliss-reactive ketones (excluding diaryl/α,β-unsaturated/α-hetero) is 2. The van der Waals surface area contributed by atoms with Crippen molar-refractivity contribution < 1.29 is 9.59 Å². The fourth-order valence-corrected chi connectivity index (χ4v) is 1.95. The molecule has 10 heavy (non-hydrogen) atoms. The van der Waals surface area contributed by atoms with Crippen LogP contribution >= 0.6 is 63.7 Å². The number of carbonyl (C=O) groups excluding carboxylic acids is 2. The van der Waals surface area contributed by atoms with Crippen molar-refractivity contribution in [1.29, 1.82) is 0 Å². The van der Waals surface area contributed by atoms with Gasteiger partial charge >= 0.3 is 0 Å². The van der Waals surface area contributed by atoms with Crippen LogP contribution in [0.5, 0.6) is 0 Å². The van der Waals surface area contributed by atoms with Gasteiger partial charge in [0.2, 0.25) is 11.6 Å². The molecule has 0 aromatic rings. The third-order valence-corrected chi connectivity index (χ3v) is 7.12. The van der Waals surface area contributed by atoms with Crippen LogP contribution in [0.1, 0.15) is 0 Å². The smallest absolute Gasteiger partial charge is 0.231 e. The standard InChI is InChI=1S/C4Br4O2/c5-3(6)1(9)2(10)4(3,7)8. The van der Waals surface area contributed by atoms with E-state index < -0.39 is 18.0 Å². The normalized spacial score (nSPS) is 28.0. The lowest BCUT2D eigenvalue weighted by Gasteiger charge is -2.40. The highest BCUT2D eigenvalue weighted by atomic mass is 79.9. The number of alkyl halides is 4. The minimum atomic E-state index is -0.982. The number of hydrogen-bond acceptors (Lipinski definition) is 2. The Morgan fingerprint density at radius 3 is 1.10 bits per heavy atom. The highest BCUT2D eigenvalue weighted by Crippen LogP contribution is 2.57. The van der Waals surface area contributed by atoms with E-state index in [4.69, 9.17) is 0 Å². The zero-order valence-corrected chi connectivity index (χ0v) is 10.7. The largest absolute Gasteiger partial charge is 0.288 e. The van der Waals surface area contributed by atoms with E-state index in [1.807, 2.05) is 0 Å². The van der Waals surface area contributed by atoms with Crippen LogP contribution in [0.2, 0.25) is 0 Å². The van der Waals surface area contributed by atoms with Crippen molar-refractivity contribution >= 4 is 75.3 Å². The van der Waals surface area contributed by atoms with Gasteiger partial charge in [-0.05, 0) is 0 Å². The molecule has 2 nitrogen and oxygen atoms in total. The summed E-state index contributed by atoms with van der Waals surface area (Å²) in [4.78, 5) is 21.6. The zero-order valence-electron chi connectivity index (χ0n) is 4.33. The van der Waals surface area contributed by atoms with E-state index in [0.29, 0.717) is 0 Å². The topological polar surface area (TPSA) is 34.1 Å². The second kappa shape index (κ2) is 2.37. The van der Waals surface area contributed by atoms with Crippen LogP contribution in [-0.2, 0) is 9.59 Å². The van der Waals surface area contributed by atoms with E-state index in [2.05, 4.69) is 63.7 Å². The molecule has 0 aliphatic heterocycles. The molecule has 0 N–H and O–H groups in total. The van der Waals surface area contributed by atoms with Crippen LogP contribution in [0.15, 0.2) is 0 Å². The zero-order chi connectivity index (χ0) is 8.15. The number of ketones is 2. The maximum atomic E-state index is 10.8. The second-order valence-corrected chi connectivity index (χ2v) is 8.69. The summed E-state index contributed by atoms with van der Waals surface area (Å²) in [7, 11) is 0. The van der Waals surface area contributed by atoms with E-state index in [9.17, 15) is 9.59 Å². The number of carbonyl (C=O) groups is 2. The molecule has 0 unspecified atom stereocenters. The number of hydrogen-bond donors (Lipinski definition) is 0. The van der Waals surface area contributed by atoms with Crippen LogP contribution in [0.4, 0.5) is 0 Å². The lowest BCUT2D eigenvalue weighted by atomic mass is 9.96. The Kier molecular flexibility index (Phi) is 2.22. The Morgan fingerprint density at radius 1 is 0.800 bits per heavy atom. The molecule has 0 heterocycles. The van der Waals surface area contributed by atoms with E-state index in [0.717, 1.165) is 0 Å². The van der Waals surface area contributed by atoms with Gasteiger partial charge in [-0.2, -0.15) is 0 Å². The Morgan fingerprint density at radius 2 is 1.00 bits per heavy atom. The summed E-state index contributed by atoms with van der Waals surface area (Å²) in [5, 5.41) is 0. The van der Waals surface area contributed by atoms with Crippen molar-refractivity contribution in [3.05, 3.63) is 0 Å². The van der Waals surface area contributed by atoms with Crippen LogP contribution < -0.4 is 0 Å². The highest BCUT2D eigenvalue weighted by Gasteiger charge is 2.69. The van der Waals surface area contributed by atoms with Gasteiger partial charge < -0.3 is 0 Å². The second-order valence-electron chi connectivity index (χ2n) is 1.81. The molecule has 1 aliphatic carbocycles. The molecule has 0 aromatic heterocycles. The average Bonchev–Trinajstić information content (AvgIpc) is 1.84. The summed E-state index contributed by atoms with van der Waals surface area (Å²) in [6.07, 6.45) is 0. The van der Waals surface area contributed by atoms with E-state index in [-0.39, 0.29) is 0 Å². The predicted molar refractivity (Wildman–Crippen MR) is 51.2 cm³/mol. The molecule has 0 spiro atoms. The Hall–Kier alpha value is 1.26. The minimum absolute atomic E-state index is 0.485. The third-order valence-electron chi connectivity index (χ3n) is 1.17. The molecule has 1 fully saturated rings. The Balaban J connectivity index is 3.04. The molecular formula is C4Br4O2. The van der Waals surface area contributed by atoms with Crippen molar-refractivity contribution in [3.8, 4) is 0 Å². The molecule has 0 aromatic carbocycles. The first-order chi connectivity index (χ1) is 4.32. The first-order valence-corrected chi connectivity index (χ1v) is 5.34. The van der Waals surface area contributed by atoms with Crippen molar-refractivity contribution in [2.75, 3.05) is 0 Å². The molecule has 0 atom stereocenters. The summed E-state index contributed by atoms with van der Waals surface area (Å²) in [6, 6.07) is 0. The molecule has 0 bridgehead atoms. The van der Waals surface area contributed by atoms with Gasteiger partial charge in [-0.1, -0.05) is 63.7 Å². The number of halogens is 4. The minimum Gasteiger partial charge on any atom is -0.288 e. The van der Waals surface area contributed by atoms with E-state index in [1.54, 1.807) is 0 Å². The summed E-state index contributed by atoms with van der Waals surface area (Å²) >= 11 is 12.2. The van der Waals surface area contributed by atoms with E-state index >= 15 is 0 Å². The van der Waals surface area contributed by atoms with Gasteiger partial charge in [-0.25, -0.2) is 0 Å². The van der Waals surface area contributed by atoms with Gasteiger partial charge in [-0.15, -0.1) is 0 Å². The third kappa shape index (κ3) is 0.916. The van der Waals surface area contributed by atoms with Gasteiger partial charge in [0.15, 0.2) is 6.47 Å². The first kappa shape index (κ1) is 9.35. The highest BCUT2D eigenvalue weighted by molar-refractivity contribution is 9.31. The Labute approximate surface area is 90.6 Å². The van der Waals surface area contributed by atoms with Crippen molar-refractivity contribution in [2.45, 2.75) is 6.47 Å². The molecule has 0 radical (unpaired) electrons. The quantitative estimate of drug-likeness (QED) is 0.462. The summed E-state index contributed by atoms with van der Waals surface area (Å²) in [6.45, 7) is 0. The summed E-state index contributed by atoms with van der Waals surface area (Å²) in [5.41, 5.74) is 0. The SMILES string of the molecule is O=C1C(=O)C(Br)(Br)C1(Br)Br. The van der Waals surface area contributed by atoms with Gasteiger partial charge in [0.1, 0.15) is 0 Å². The first-order valence-electron chi connectivity index (χ1n) is 2.16. The molecule has 1 saturated carbocycles. The fraction of sp³-hybridized carbons (Fsp3) is 0.500. The van der Waals surface area contributed by atoms with Gasteiger partial charge in [-0.3, -0.25) is 9.59 Å². The molecule has 1 rings (SSSR count). The van der Waals surface area contributed by atoms with Gasteiger partial charge in [0, 0.05) is 0 Å². The van der Waals surface area contributed by atoms with Crippen LogP contribution in [-0.4, -0.2) is 18.0 Å². The van der Waals surface area contributed by atoms with Crippen molar-refractivity contribution in [2.24, 2.45) is 0 Å². The predicted octanol–water partition coefficient (Wildman–Crippen LogP) is 2.11. The van der Waals surface area contributed by atoms with Crippen molar-refractivity contribution in [1.82, 2.24) is 0 Å². The lowest BCUT2D eigenvalue weighted by Crippen LogP contribution is -2.64. The summed E-state index contributed by atoms with van der Waals surface area (Å²) < 4.78 is -1.96. The van der Waals surface area contributed by atoms with E-state index in [1.165, 1.54) is 0 Å². The fourth-order valence-electron chi connectivity index (χ4n) is 0.508. The molecule has 6 heteroatoms. The molecular weight excluding hydrogens is 400 g/mol. The molecule has 56 valence electrons. The van der Waals surface area contributed by atoms with Crippen LogP contribution in [0.3, 0.4) is 0 Å².